The third-order valence-electron chi connectivity index (χ3n) is 7.42. The van der Waals surface area contributed by atoms with Crippen molar-refractivity contribution in [2.45, 2.75) is 89.3 Å². The molecule has 3 aliphatic rings. The van der Waals surface area contributed by atoms with Crippen LogP contribution in [0.1, 0.15) is 77.0 Å². The highest BCUT2D eigenvalue weighted by atomic mass is 16.3. The molecule has 0 amide bonds. The number of fused-ring (bicyclic) bond motifs is 1. The fourth-order valence-corrected chi connectivity index (χ4v) is 5.82. The van der Waals surface area contributed by atoms with Gasteiger partial charge in [0.1, 0.15) is 0 Å². The molecule has 166 valence electrons. The molecule has 0 aromatic rings. The Bertz CT molecular complexity index is 526. The Kier molecular flexibility index (Phi) is 9.71. The standard InChI is InChI=1S/C25H43NO3/c27-14-6-13-26-12-5-1-2-9-20-15-21-18-25(29)23(24(21)17-20)11-10-22(28)16-19-7-3-4-8-19/h10-11,15,19,21-29H,1-9,12-14,16-18H2/b11-10+/t21-,22+,23+,24-,25+/m0/s1. The number of rotatable bonds is 13. The molecule has 0 radical (unpaired) electrons. The molecule has 5 atom stereocenters. The third-order valence-corrected chi connectivity index (χ3v) is 7.42. The molecule has 4 heteroatoms. The van der Waals surface area contributed by atoms with Crippen molar-refractivity contribution in [3.8, 4) is 0 Å². The van der Waals surface area contributed by atoms with Crippen molar-refractivity contribution < 1.29 is 15.3 Å². The molecule has 0 aliphatic heterocycles. The van der Waals surface area contributed by atoms with E-state index in [0.717, 1.165) is 38.8 Å². The van der Waals surface area contributed by atoms with Gasteiger partial charge in [-0.2, -0.15) is 0 Å². The monoisotopic (exact) mass is 405 g/mol. The first-order chi connectivity index (χ1) is 14.2. The number of hydrogen-bond donors (Lipinski definition) is 4. The second kappa shape index (κ2) is 12.2. The number of unbranched alkanes of at least 4 members (excludes halogenated alkanes) is 2. The Labute approximate surface area is 177 Å². The first-order valence-electron chi connectivity index (χ1n) is 12.2. The average Bonchev–Trinajstić information content (AvgIpc) is 3.40. The summed E-state index contributed by atoms with van der Waals surface area (Å²) in [7, 11) is 0. The van der Waals surface area contributed by atoms with Gasteiger partial charge in [0.2, 0.25) is 0 Å². The molecule has 0 aromatic heterocycles. The van der Waals surface area contributed by atoms with Crippen LogP contribution < -0.4 is 5.32 Å². The van der Waals surface area contributed by atoms with Gasteiger partial charge in [-0.15, -0.1) is 0 Å². The molecular weight excluding hydrogens is 362 g/mol. The molecule has 0 heterocycles. The summed E-state index contributed by atoms with van der Waals surface area (Å²) < 4.78 is 0. The maximum absolute atomic E-state index is 10.5. The lowest BCUT2D eigenvalue weighted by atomic mass is 9.88. The predicted molar refractivity (Wildman–Crippen MR) is 119 cm³/mol. The Morgan fingerprint density at radius 1 is 1.10 bits per heavy atom. The van der Waals surface area contributed by atoms with Gasteiger partial charge in [-0.25, -0.2) is 0 Å². The van der Waals surface area contributed by atoms with Crippen LogP contribution in [0.25, 0.3) is 0 Å². The molecule has 4 nitrogen and oxygen atoms in total. The van der Waals surface area contributed by atoms with Crippen molar-refractivity contribution in [3.05, 3.63) is 23.8 Å². The predicted octanol–water partition coefficient (Wildman–Crippen LogP) is 3.96. The maximum Gasteiger partial charge on any atom is 0.0723 e. The summed E-state index contributed by atoms with van der Waals surface area (Å²) in [6.45, 7) is 2.23. The fourth-order valence-electron chi connectivity index (χ4n) is 5.82. The van der Waals surface area contributed by atoms with Crippen LogP contribution in [0.2, 0.25) is 0 Å². The number of allylic oxidation sites excluding steroid dienone is 2. The number of aliphatic hydroxyl groups excluding tert-OH is 3. The molecule has 3 rings (SSSR count). The van der Waals surface area contributed by atoms with Crippen LogP contribution in [-0.4, -0.2) is 47.2 Å². The Balaban J connectivity index is 1.35. The topological polar surface area (TPSA) is 72.7 Å². The van der Waals surface area contributed by atoms with Crippen molar-refractivity contribution >= 4 is 0 Å². The van der Waals surface area contributed by atoms with Crippen LogP contribution >= 0.6 is 0 Å². The molecule has 0 unspecified atom stereocenters. The quantitative estimate of drug-likeness (QED) is 0.276. The average molecular weight is 406 g/mol. The van der Waals surface area contributed by atoms with Crippen LogP contribution in [0.5, 0.6) is 0 Å². The van der Waals surface area contributed by atoms with E-state index >= 15 is 0 Å². The van der Waals surface area contributed by atoms with E-state index in [4.69, 9.17) is 5.11 Å². The van der Waals surface area contributed by atoms with Gasteiger partial charge in [-0.3, -0.25) is 0 Å². The first kappa shape index (κ1) is 23.0. The lowest BCUT2D eigenvalue weighted by Crippen LogP contribution is -2.18. The Morgan fingerprint density at radius 3 is 2.69 bits per heavy atom. The van der Waals surface area contributed by atoms with Crippen LogP contribution in [0, 0.1) is 23.7 Å². The summed E-state index contributed by atoms with van der Waals surface area (Å²) in [4.78, 5) is 0. The zero-order chi connectivity index (χ0) is 20.5. The second-order valence-corrected chi connectivity index (χ2v) is 9.71. The SMILES string of the molecule is OCCCNCCCCCC1=C[C@H]2C[C@@H](O)[C@H](/C=C/[C@@H](O)CC3CCCC3)[C@H]2C1. The molecule has 0 bridgehead atoms. The van der Waals surface area contributed by atoms with E-state index in [1.165, 1.54) is 51.4 Å². The van der Waals surface area contributed by atoms with E-state index in [1.807, 2.05) is 6.08 Å². The molecule has 0 spiro atoms. The molecule has 0 saturated heterocycles. The molecular formula is C25H43NO3. The molecule has 2 fully saturated rings. The summed E-state index contributed by atoms with van der Waals surface area (Å²) in [5.74, 6) is 1.97. The minimum absolute atomic E-state index is 0.211. The number of aliphatic hydroxyl groups is 3. The lowest BCUT2D eigenvalue weighted by Gasteiger charge is -2.19. The molecule has 0 aromatic carbocycles. The van der Waals surface area contributed by atoms with Gasteiger partial charge >= 0.3 is 0 Å². The fraction of sp³-hybridized carbons (Fsp3) is 0.840. The van der Waals surface area contributed by atoms with Crippen molar-refractivity contribution in [3.63, 3.8) is 0 Å². The molecule has 4 N–H and O–H groups in total. The molecule has 29 heavy (non-hydrogen) atoms. The summed E-state index contributed by atoms with van der Waals surface area (Å²) >= 11 is 0. The van der Waals surface area contributed by atoms with E-state index < -0.39 is 0 Å². The van der Waals surface area contributed by atoms with E-state index in [1.54, 1.807) is 5.57 Å². The highest BCUT2D eigenvalue weighted by Gasteiger charge is 2.43. The van der Waals surface area contributed by atoms with E-state index in [9.17, 15) is 10.2 Å². The Hall–Kier alpha value is -0.680. The largest absolute Gasteiger partial charge is 0.396 e. The van der Waals surface area contributed by atoms with Gasteiger partial charge in [0.25, 0.3) is 0 Å². The first-order valence-corrected chi connectivity index (χ1v) is 12.2. The number of hydrogen-bond acceptors (Lipinski definition) is 4. The van der Waals surface area contributed by atoms with Crippen molar-refractivity contribution in [1.82, 2.24) is 5.32 Å². The van der Waals surface area contributed by atoms with Gasteiger partial charge in [0.15, 0.2) is 0 Å². The zero-order valence-corrected chi connectivity index (χ0v) is 18.1. The van der Waals surface area contributed by atoms with E-state index in [2.05, 4.69) is 17.5 Å². The van der Waals surface area contributed by atoms with Gasteiger partial charge in [0, 0.05) is 12.5 Å². The van der Waals surface area contributed by atoms with Crippen LogP contribution in [0.4, 0.5) is 0 Å². The molecule has 3 aliphatic carbocycles. The number of nitrogens with one attached hydrogen (secondary N) is 1. The van der Waals surface area contributed by atoms with Crippen LogP contribution in [-0.2, 0) is 0 Å². The lowest BCUT2D eigenvalue weighted by molar-refractivity contribution is 0.139. The maximum atomic E-state index is 10.5. The van der Waals surface area contributed by atoms with Crippen LogP contribution in [0.15, 0.2) is 23.8 Å². The van der Waals surface area contributed by atoms with Crippen molar-refractivity contribution in [2.75, 3.05) is 19.7 Å². The smallest absolute Gasteiger partial charge is 0.0723 e. The zero-order valence-electron chi connectivity index (χ0n) is 18.1. The summed E-state index contributed by atoms with van der Waals surface area (Å²) in [5.41, 5.74) is 1.59. The van der Waals surface area contributed by atoms with E-state index in [-0.39, 0.29) is 24.7 Å². The van der Waals surface area contributed by atoms with Gasteiger partial charge in [-0.1, -0.05) is 55.9 Å². The minimum atomic E-state index is -0.343. The minimum Gasteiger partial charge on any atom is -0.396 e. The third kappa shape index (κ3) is 7.20. The van der Waals surface area contributed by atoms with Crippen LogP contribution in [0.3, 0.4) is 0 Å². The highest BCUT2D eigenvalue weighted by molar-refractivity contribution is 5.21. The highest BCUT2D eigenvalue weighted by Crippen LogP contribution is 2.48. The second-order valence-electron chi connectivity index (χ2n) is 9.71. The Morgan fingerprint density at radius 2 is 1.90 bits per heavy atom. The van der Waals surface area contributed by atoms with Gasteiger partial charge in [-0.05, 0) is 75.8 Å². The molecule has 2 saturated carbocycles. The normalized spacial score (nSPS) is 30.9. The van der Waals surface area contributed by atoms with Crippen molar-refractivity contribution in [1.29, 1.82) is 0 Å². The van der Waals surface area contributed by atoms with Gasteiger partial charge in [0.05, 0.1) is 12.2 Å². The summed E-state index contributed by atoms with van der Waals surface area (Å²) in [6, 6.07) is 0. The van der Waals surface area contributed by atoms with E-state index in [0.29, 0.717) is 17.8 Å². The van der Waals surface area contributed by atoms with Gasteiger partial charge < -0.3 is 20.6 Å². The van der Waals surface area contributed by atoms with Crippen molar-refractivity contribution in [2.24, 2.45) is 23.7 Å². The summed E-state index contributed by atoms with van der Waals surface area (Å²) in [6.07, 6.45) is 19.8. The summed E-state index contributed by atoms with van der Waals surface area (Å²) in [5, 5.41) is 33.1.